The van der Waals surface area contributed by atoms with E-state index in [9.17, 15) is 19.8 Å². The van der Waals surface area contributed by atoms with Crippen LogP contribution in [-0.2, 0) is 9.59 Å². The summed E-state index contributed by atoms with van der Waals surface area (Å²) in [6.07, 6.45) is 5.07. The molecule has 0 fully saturated rings. The number of allylic oxidation sites excluding steroid dienone is 1. The molecule has 1 unspecified atom stereocenters. The number of hydrogen-bond acceptors (Lipinski definition) is 2. The van der Waals surface area contributed by atoms with Crippen LogP contribution in [-0.4, -0.2) is 22.2 Å². The van der Waals surface area contributed by atoms with Crippen molar-refractivity contribution in [2.24, 2.45) is 11.3 Å². The lowest BCUT2D eigenvalue weighted by atomic mass is 9.66. The van der Waals surface area contributed by atoms with E-state index >= 15 is 0 Å². The summed E-state index contributed by atoms with van der Waals surface area (Å²) >= 11 is 0. The zero-order valence-corrected chi connectivity index (χ0v) is 14.7. The van der Waals surface area contributed by atoms with Crippen LogP contribution >= 0.6 is 0 Å². The van der Waals surface area contributed by atoms with Crippen LogP contribution in [0.3, 0.4) is 0 Å². The quantitative estimate of drug-likeness (QED) is 0.533. The SMILES string of the molecule is CCCCC(CC)=C(C(=O)O)C(CCCC)(C(=O)O)C(C)C. The molecular formula is C18H32O4. The summed E-state index contributed by atoms with van der Waals surface area (Å²) in [7, 11) is 0. The molecule has 0 radical (unpaired) electrons. The molecule has 0 aromatic carbocycles. The second-order valence-electron chi connectivity index (χ2n) is 6.28. The number of unbranched alkanes of at least 4 members (excludes halogenated alkanes) is 2. The van der Waals surface area contributed by atoms with Crippen LogP contribution in [0.15, 0.2) is 11.1 Å². The molecule has 0 amide bonds. The summed E-state index contributed by atoms with van der Waals surface area (Å²) < 4.78 is 0. The average Bonchev–Trinajstić information content (AvgIpc) is 2.44. The number of carbonyl (C=O) groups is 2. The van der Waals surface area contributed by atoms with Gasteiger partial charge in [-0.15, -0.1) is 0 Å². The monoisotopic (exact) mass is 312 g/mol. The van der Waals surface area contributed by atoms with Gasteiger partial charge in [-0.1, -0.05) is 59.5 Å². The Kier molecular flexibility index (Phi) is 9.07. The molecule has 0 aliphatic rings. The summed E-state index contributed by atoms with van der Waals surface area (Å²) in [6, 6.07) is 0. The fourth-order valence-electron chi connectivity index (χ4n) is 3.14. The predicted molar refractivity (Wildman–Crippen MR) is 88.9 cm³/mol. The Bertz CT molecular complexity index is 409. The first-order valence-corrected chi connectivity index (χ1v) is 8.48. The molecule has 0 aliphatic heterocycles. The Morgan fingerprint density at radius 3 is 1.86 bits per heavy atom. The first-order valence-electron chi connectivity index (χ1n) is 8.48. The van der Waals surface area contributed by atoms with Gasteiger partial charge in [0.2, 0.25) is 0 Å². The van der Waals surface area contributed by atoms with Gasteiger partial charge in [-0.3, -0.25) is 4.79 Å². The van der Waals surface area contributed by atoms with Gasteiger partial charge in [0.15, 0.2) is 0 Å². The van der Waals surface area contributed by atoms with Gasteiger partial charge >= 0.3 is 11.9 Å². The van der Waals surface area contributed by atoms with Gasteiger partial charge in [0, 0.05) is 0 Å². The van der Waals surface area contributed by atoms with Gasteiger partial charge in [0.05, 0.1) is 5.57 Å². The van der Waals surface area contributed by atoms with Crippen molar-refractivity contribution in [2.45, 2.75) is 79.6 Å². The van der Waals surface area contributed by atoms with Gasteiger partial charge in [-0.25, -0.2) is 4.79 Å². The minimum absolute atomic E-state index is 0.138. The topological polar surface area (TPSA) is 74.6 Å². The van der Waals surface area contributed by atoms with Crippen LogP contribution in [0.4, 0.5) is 0 Å². The lowest BCUT2D eigenvalue weighted by molar-refractivity contribution is -0.153. The molecule has 4 nitrogen and oxygen atoms in total. The van der Waals surface area contributed by atoms with Gasteiger partial charge < -0.3 is 10.2 Å². The molecular weight excluding hydrogens is 280 g/mol. The molecule has 1 atom stereocenters. The van der Waals surface area contributed by atoms with E-state index in [-0.39, 0.29) is 11.5 Å². The van der Waals surface area contributed by atoms with Crippen molar-refractivity contribution >= 4 is 11.9 Å². The van der Waals surface area contributed by atoms with Crippen LogP contribution in [0.1, 0.15) is 79.6 Å². The Morgan fingerprint density at radius 2 is 1.55 bits per heavy atom. The number of carboxylic acid groups (broad SMARTS) is 2. The highest BCUT2D eigenvalue weighted by molar-refractivity contribution is 5.97. The molecule has 128 valence electrons. The molecule has 4 heteroatoms. The van der Waals surface area contributed by atoms with Crippen molar-refractivity contribution in [3.63, 3.8) is 0 Å². The van der Waals surface area contributed by atoms with Crippen LogP contribution in [0.5, 0.6) is 0 Å². The molecule has 0 saturated heterocycles. The van der Waals surface area contributed by atoms with Crippen LogP contribution in [0.2, 0.25) is 0 Å². The maximum Gasteiger partial charge on any atom is 0.332 e. The van der Waals surface area contributed by atoms with Crippen molar-refractivity contribution in [3.05, 3.63) is 11.1 Å². The van der Waals surface area contributed by atoms with Crippen LogP contribution in [0, 0.1) is 11.3 Å². The lowest BCUT2D eigenvalue weighted by Crippen LogP contribution is -2.42. The number of carboxylic acids is 2. The van der Waals surface area contributed by atoms with Gasteiger partial charge in [0.1, 0.15) is 5.41 Å². The number of rotatable bonds is 11. The fourth-order valence-corrected chi connectivity index (χ4v) is 3.14. The second kappa shape index (κ2) is 9.65. The molecule has 2 N–H and O–H groups in total. The van der Waals surface area contributed by atoms with E-state index in [1.165, 1.54) is 0 Å². The summed E-state index contributed by atoms with van der Waals surface area (Å²) in [5.74, 6) is -2.33. The smallest absolute Gasteiger partial charge is 0.332 e. The molecule has 22 heavy (non-hydrogen) atoms. The van der Waals surface area contributed by atoms with Crippen molar-refractivity contribution in [2.75, 3.05) is 0 Å². The summed E-state index contributed by atoms with van der Waals surface area (Å²) in [4.78, 5) is 24.1. The Balaban J connectivity index is 6.22. The van der Waals surface area contributed by atoms with E-state index < -0.39 is 17.4 Å². The molecule has 0 rings (SSSR count). The van der Waals surface area contributed by atoms with Crippen LogP contribution in [0.25, 0.3) is 0 Å². The van der Waals surface area contributed by atoms with Gasteiger partial charge in [-0.05, 0) is 31.6 Å². The fraction of sp³-hybridized carbons (Fsp3) is 0.778. The van der Waals surface area contributed by atoms with E-state index in [1.54, 1.807) is 0 Å². The summed E-state index contributed by atoms with van der Waals surface area (Å²) in [6.45, 7) is 9.60. The minimum Gasteiger partial charge on any atom is -0.481 e. The Labute approximate surface area is 134 Å². The normalized spacial score (nSPS) is 15.4. The first kappa shape index (κ1) is 20.7. The third kappa shape index (κ3) is 4.59. The molecule has 0 saturated carbocycles. The molecule has 0 aliphatic carbocycles. The maximum absolute atomic E-state index is 12.1. The maximum atomic E-state index is 12.1. The third-order valence-electron chi connectivity index (χ3n) is 4.56. The number of aliphatic carboxylic acids is 2. The zero-order valence-electron chi connectivity index (χ0n) is 14.7. The highest BCUT2D eigenvalue weighted by Crippen LogP contribution is 2.44. The first-order chi connectivity index (χ1) is 10.3. The molecule has 0 aromatic rings. The third-order valence-corrected chi connectivity index (χ3v) is 4.56. The van der Waals surface area contributed by atoms with Crippen molar-refractivity contribution in [1.82, 2.24) is 0 Å². The molecule has 0 bridgehead atoms. The van der Waals surface area contributed by atoms with E-state index in [2.05, 4.69) is 6.92 Å². The minimum atomic E-state index is -1.29. The zero-order chi connectivity index (χ0) is 17.3. The largest absolute Gasteiger partial charge is 0.481 e. The molecule has 0 heterocycles. The van der Waals surface area contributed by atoms with Crippen molar-refractivity contribution < 1.29 is 19.8 Å². The Morgan fingerprint density at radius 1 is 1.00 bits per heavy atom. The van der Waals surface area contributed by atoms with E-state index in [4.69, 9.17) is 0 Å². The van der Waals surface area contributed by atoms with E-state index in [1.807, 2.05) is 27.7 Å². The van der Waals surface area contributed by atoms with Gasteiger partial charge in [0.25, 0.3) is 0 Å². The van der Waals surface area contributed by atoms with Crippen molar-refractivity contribution in [1.29, 1.82) is 0 Å². The summed E-state index contributed by atoms with van der Waals surface area (Å²) in [5, 5.41) is 19.7. The number of hydrogen-bond donors (Lipinski definition) is 2. The molecule has 0 spiro atoms. The summed E-state index contributed by atoms with van der Waals surface area (Å²) in [5.41, 5.74) is -0.359. The average molecular weight is 312 g/mol. The lowest BCUT2D eigenvalue weighted by Gasteiger charge is -2.36. The van der Waals surface area contributed by atoms with E-state index in [0.29, 0.717) is 25.7 Å². The predicted octanol–water partition coefficient (Wildman–Crippen LogP) is 4.89. The van der Waals surface area contributed by atoms with Crippen LogP contribution < -0.4 is 0 Å². The highest BCUT2D eigenvalue weighted by atomic mass is 16.4. The van der Waals surface area contributed by atoms with Crippen molar-refractivity contribution in [3.8, 4) is 0 Å². The van der Waals surface area contributed by atoms with Gasteiger partial charge in [-0.2, -0.15) is 0 Å². The highest BCUT2D eigenvalue weighted by Gasteiger charge is 2.48. The van der Waals surface area contributed by atoms with E-state index in [0.717, 1.165) is 24.8 Å². The molecule has 0 aromatic heterocycles. The Hall–Kier alpha value is -1.32. The standard InChI is InChI=1S/C18H32O4/c1-6-9-11-14(8-3)15(16(19)20)18(13(4)5,17(21)22)12-10-7-2/h13H,6-12H2,1-5H3,(H,19,20)(H,21,22). The second-order valence-corrected chi connectivity index (χ2v) is 6.28.